The molecule has 6 heteroatoms. The molecule has 2 heterocycles. The second-order valence-corrected chi connectivity index (χ2v) is 3.67. The monoisotopic (exact) mass is 287 g/mol. The first-order valence-electron chi connectivity index (χ1n) is 4.55. The van der Waals surface area contributed by atoms with Crippen molar-refractivity contribution in [2.75, 3.05) is 0 Å². The van der Waals surface area contributed by atoms with Gasteiger partial charge in [-0.3, -0.25) is 4.98 Å². The fraction of sp³-hybridized carbons (Fsp3) is 0.200. The highest BCUT2D eigenvalue weighted by Crippen LogP contribution is 2.26. The third-order valence-electron chi connectivity index (χ3n) is 2.14. The van der Waals surface area contributed by atoms with E-state index in [2.05, 4.69) is 26.0 Å². The summed E-state index contributed by atoms with van der Waals surface area (Å²) in [6.45, 7) is 0. The minimum Gasteiger partial charge on any atom is -0.265 e. The summed E-state index contributed by atoms with van der Waals surface area (Å²) in [4.78, 5) is 3.83. The predicted octanol–water partition coefficient (Wildman–Crippen LogP) is 3.10. The van der Waals surface area contributed by atoms with Gasteiger partial charge in [-0.15, -0.1) is 0 Å². The van der Waals surface area contributed by atoms with Crippen molar-refractivity contribution >= 4 is 15.9 Å². The van der Waals surface area contributed by atoms with Crippen LogP contribution in [0.2, 0.25) is 0 Å². The molecular formula is C10H8BrF2N3. The Bertz CT molecular complexity index is 470. The van der Waals surface area contributed by atoms with Crippen LogP contribution in [0.15, 0.2) is 30.7 Å². The van der Waals surface area contributed by atoms with E-state index in [1.807, 2.05) is 0 Å². The lowest BCUT2D eigenvalue weighted by atomic mass is 10.3. The molecule has 2 rings (SSSR count). The Morgan fingerprint density at radius 1 is 1.31 bits per heavy atom. The molecule has 0 bridgehead atoms. The van der Waals surface area contributed by atoms with Crippen molar-refractivity contribution < 1.29 is 8.78 Å². The molecule has 0 aliphatic rings. The molecule has 16 heavy (non-hydrogen) atoms. The average Bonchev–Trinajstić information content (AvgIpc) is 2.73. The van der Waals surface area contributed by atoms with Crippen molar-refractivity contribution in [3.8, 4) is 5.69 Å². The zero-order valence-electron chi connectivity index (χ0n) is 8.15. The van der Waals surface area contributed by atoms with E-state index in [-0.39, 0.29) is 5.69 Å². The van der Waals surface area contributed by atoms with E-state index in [1.165, 1.54) is 10.9 Å². The number of halogens is 3. The molecule has 0 amide bonds. The molecule has 0 aliphatic carbocycles. The number of aromatic nitrogens is 3. The van der Waals surface area contributed by atoms with Crippen LogP contribution in [0.3, 0.4) is 0 Å². The second-order valence-electron chi connectivity index (χ2n) is 3.11. The van der Waals surface area contributed by atoms with Gasteiger partial charge in [0, 0.05) is 23.3 Å². The van der Waals surface area contributed by atoms with Crippen molar-refractivity contribution in [3.63, 3.8) is 0 Å². The Kier molecular flexibility index (Phi) is 3.28. The van der Waals surface area contributed by atoms with Gasteiger partial charge in [-0.1, -0.05) is 15.9 Å². The minimum absolute atomic E-state index is 0.0805. The normalized spacial score (nSPS) is 11.0. The number of rotatable bonds is 3. The highest BCUT2D eigenvalue weighted by Gasteiger charge is 2.19. The number of hydrogen-bond acceptors (Lipinski definition) is 2. The molecule has 2 aromatic rings. The highest BCUT2D eigenvalue weighted by atomic mass is 79.9. The lowest BCUT2D eigenvalue weighted by Crippen LogP contribution is -2.03. The van der Waals surface area contributed by atoms with Gasteiger partial charge in [0.1, 0.15) is 5.69 Å². The molecule has 0 saturated carbocycles. The van der Waals surface area contributed by atoms with Crippen LogP contribution in [-0.2, 0) is 5.33 Å². The molecule has 0 spiro atoms. The number of alkyl halides is 3. The lowest BCUT2D eigenvalue weighted by Gasteiger charge is -2.07. The lowest BCUT2D eigenvalue weighted by molar-refractivity contribution is 0.142. The molecule has 0 aliphatic heterocycles. The van der Waals surface area contributed by atoms with E-state index in [0.29, 0.717) is 16.6 Å². The summed E-state index contributed by atoms with van der Waals surface area (Å²) in [5.41, 5.74) is 0.993. The largest absolute Gasteiger partial charge is 0.280 e. The van der Waals surface area contributed by atoms with Gasteiger partial charge in [-0.2, -0.15) is 5.10 Å². The molecule has 0 N–H and O–H groups in total. The fourth-order valence-corrected chi connectivity index (χ4v) is 1.85. The number of hydrogen-bond donors (Lipinski definition) is 0. The van der Waals surface area contributed by atoms with Gasteiger partial charge in [0.25, 0.3) is 6.43 Å². The van der Waals surface area contributed by atoms with Gasteiger partial charge in [0.05, 0.1) is 11.9 Å². The maximum Gasteiger partial charge on any atom is 0.280 e. The first kappa shape index (κ1) is 11.2. The summed E-state index contributed by atoms with van der Waals surface area (Å²) >= 11 is 3.16. The third-order valence-corrected chi connectivity index (χ3v) is 2.75. The molecule has 0 atom stereocenters. The summed E-state index contributed by atoms with van der Waals surface area (Å²) in [6.07, 6.45) is 1.97. The SMILES string of the molecule is FC(F)c1c(CBr)cnn1-c1ccncc1. The van der Waals surface area contributed by atoms with Gasteiger partial charge in [0.2, 0.25) is 0 Å². The first-order chi connectivity index (χ1) is 7.74. The Labute approximate surface area is 99.2 Å². The molecule has 3 nitrogen and oxygen atoms in total. The van der Waals surface area contributed by atoms with E-state index in [9.17, 15) is 8.78 Å². The highest BCUT2D eigenvalue weighted by molar-refractivity contribution is 9.08. The van der Waals surface area contributed by atoms with Gasteiger partial charge in [0.15, 0.2) is 0 Å². The van der Waals surface area contributed by atoms with E-state index in [0.717, 1.165) is 0 Å². The molecule has 0 unspecified atom stereocenters. The second kappa shape index (κ2) is 4.69. The van der Waals surface area contributed by atoms with Crippen LogP contribution >= 0.6 is 15.9 Å². The maximum atomic E-state index is 12.9. The van der Waals surface area contributed by atoms with Crippen molar-refractivity contribution in [2.24, 2.45) is 0 Å². The maximum absolute atomic E-state index is 12.9. The van der Waals surface area contributed by atoms with E-state index in [1.54, 1.807) is 24.5 Å². The summed E-state index contributed by atoms with van der Waals surface area (Å²) in [5, 5.41) is 4.32. The van der Waals surface area contributed by atoms with Crippen molar-refractivity contribution in [3.05, 3.63) is 42.0 Å². The smallest absolute Gasteiger partial charge is 0.265 e. The zero-order chi connectivity index (χ0) is 11.5. The standard InChI is InChI=1S/C10H8BrF2N3/c11-5-7-6-15-16(9(7)10(12)13)8-1-3-14-4-2-8/h1-4,6,10H,5H2. The van der Waals surface area contributed by atoms with Crippen LogP contribution in [0.25, 0.3) is 5.69 Å². The van der Waals surface area contributed by atoms with E-state index in [4.69, 9.17) is 0 Å². The van der Waals surface area contributed by atoms with Gasteiger partial charge in [-0.25, -0.2) is 13.5 Å². The van der Waals surface area contributed by atoms with Crippen molar-refractivity contribution in [1.29, 1.82) is 0 Å². The van der Waals surface area contributed by atoms with Crippen LogP contribution in [0.1, 0.15) is 17.7 Å². The summed E-state index contributed by atoms with van der Waals surface area (Å²) in [6, 6.07) is 3.27. The minimum atomic E-state index is -2.55. The Morgan fingerprint density at radius 3 is 2.56 bits per heavy atom. The Morgan fingerprint density at radius 2 is 2.00 bits per heavy atom. The van der Waals surface area contributed by atoms with Crippen LogP contribution in [0.4, 0.5) is 8.78 Å². The van der Waals surface area contributed by atoms with Crippen molar-refractivity contribution in [1.82, 2.24) is 14.8 Å². The zero-order valence-corrected chi connectivity index (χ0v) is 9.73. The van der Waals surface area contributed by atoms with Gasteiger partial charge < -0.3 is 0 Å². The fourth-order valence-electron chi connectivity index (χ4n) is 1.42. The van der Waals surface area contributed by atoms with Crippen LogP contribution in [0.5, 0.6) is 0 Å². The molecule has 0 radical (unpaired) electrons. The molecule has 84 valence electrons. The van der Waals surface area contributed by atoms with Gasteiger partial charge >= 0.3 is 0 Å². The summed E-state index contributed by atoms with van der Waals surface area (Å²) in [7, 11) is 0. The third kappa shape index (κ3) is 1.97. The molecule has 2 aromatic heterocycles. The molecule has 0 fully saturated rings. The molecule has 0 aromatic carbocycles. The Hall–Kier alpha value is -1.30. The van der Waals surface area contributed by atoms with Crippen molar-refractivity contribution in [2.45, 2.75) is 11.8 Å². The first-order valence-corrected chi connectivity index (χ1v) is 5.67. The predicted molar refractivity (Wildman–Crippen MR) is 58.9 cm³/mol. The van der Waals surface area contributed by atoms with E-state index >= 15 is 0 Å². The topological polar surface area (TPSA) is 30.7 Å². The van der Waals surface area contributed by atoms with Gasteiger partial charge in [-0.05, 0) is 12.1 Å². The number of nitrogens with zero attached hydrogens (tertiary/aromatic N) is 3. The summed E-state index contributed by atoms with van der Waals surface area (Å²) in [5.74, 6) is 0. The molecular weight excluding hydrogens is 280 g/mol. The molecule has 0 saturated heterocycles. The van der Waals surface area contributed by atoms with Crippen LogP contribution < -0.4 is 0 Å². The average molecular weight is 288 g/mol. The van der Waals surface area contributed by atoms with E-state index < -0.39 is 6.43 Å². The number of pyridine rings is 1. The van der Waals surface area contributed by atoms with Crippen LogP contribution in [0, 0.1) is 0 Å². The summed E-state index contributed by atoms with van der Waals surface area (Å²) < 4.78 is 27.0. The van der Waals surface area contributed by atoms with Crippen LogP contribution in [-0.4, -0.2) is 14.8 Å². The quantitative estimate of drug-likeness (QED) is 0.812. The Balaban J connectivity index is 2.53.